The van der Waals surface area contributed by atoms with Gasteiger partial charge in [0, 0.05) is 10.0 Å². The van der Waals surface area contributed by atoms with Crippen LogP contribution in [0.2, 0.25) is 0 Å². The molecule has 8 heteroatoms. The minimum Gasteiger partial charge on any atom is -0.453 e. The fraction of sp³-hybridized carbons (Fsp3) is 0.158. The number of ether oxygens (including phenoxy) is 1. The fourth-order valence-electron chi connectivity index (χ4n) is 2.45. The standard InChI is InChI=1S/C19H16BrN3O4/c1-11(17-22-15-5-3-2-4-14(15)19(26)23-17)27-16(24)10-21-18(25)12-6-8-13(20)9-7-12/h2-9,11H,10H2,1H3,(H,21,25)(H,22,23,26). The van der Waals surface area contributed by atoms with Crippen molar-refractivity contribution >= 4 is 38.7 Å². The molecule has 1 atom stereocenters. The van der Waals surface area contributed by atoms with Gasteiger partial charge in [-0.1, -0.05) is 28.1 Å². The number of hydrogen-bond donors (Lipinski definition) is 2. The predicted octanol–water partition coefficient (Wildman–Crippen LogP) is 2.72. The second-order valence-electron chi connectivity index (χ2n) is 5.79. The number of esters is 1. The summed E-state index contributed by atoms with van der Waals surface area (Å²) >= 11 is 3.29. The maximum atomic E-state index is 12.1. The smallest absolute Gasteiger partial charge is 0.326 e. The van der Waals surface area contributed by atoms with Crippen molar-refractivity contribution in [2.24, 2.45) is 0 Å². The van der Waals surface area contributed by atoms with Gasteiger partial charge in [0.15, 0.2) is 11.9 Å². The van der Waals surface area contributed by atoms with Crippen molar-refractivity contribution in [1.29, 1.82) is 0 Å². The van der Waals surface area contributed by atoms with E-state index in [9.17, 15) is 14.4 Å². The van der Waals surface area contributed by atoms with Crippen LogP contribution in [-0.2, 0) is 9.53 Å². The molecule has 0 aliphatic rings. The molecule has 138 valence electrons. The number of rotatable bonds is 5. The lowest BCUT2D eigenvalue weighted by Gasteiger charge is -2.13. The number of carbonyl (C=O) groups is 2. The molecule has 0 bridgehead atoms. The van der Waals surface area contributed by atoms with Crippen molar-refractivity contribution in [2.75, 3.05) is 6.54 Å². The third-order valence-electron chi connectivity index (χ3n) is 3.82. The normalized spacial score (nSPS) is 11.8. The van der Waals surface area contributed by atoms with Gasteiger partial charge < -0.3 is 15.0 Å². The Morgan fingerprint density at radius 3 is 2.63 bits per heavy atom. The molecule has 0 fully saturated rings. The molecule has 27 heavy (non-hydrogen) atoms. The van der Waals surface area contributed by atoms with Gasteiger partial charge in [-0.25, -0.2) is 4.98 Å². The van der Waals surface area contributed by atoms with Gasteiger partial charge in [0.1, 0.15) is 6.54 Å². The van der Waals surface area contributed by atoms with Gasteiger partial charge in [-0.05, 0) is 43.3 Å². The van der Waals surface area contributed by atoms with Gasteiger partial charge in [-0.15, -0.1) is 0 Å². The highest BCUT2D eigenvalue weighted by molar-refractivity contribution is 9.10. The fourth-order valence-corrected chi connectivity index (χ4v) is 2.71. The Labute approximate surface area is 162 Å². The summed E-state index contributed by atoms with van der Waals surface area (Å²) < 4.78 is 6.10. The average molecular weight is 430 g/mol. The lowest BCUT2D eigenvalue weighted by molar-refractivity contribution is -0.147. The molecule has 2 aromatic carbocycles. The summed E-state index contributed by atoms with van der Waals surface area (Å²) in [5.41, 5.74) is 0.643. The molecular formula is C19H16BrN3O4. The number of benzene rings is 2. The number of aromatic amines is 1. The summed E-state index contributed by atoms with van der Waals surface area (Å²) in [6.45, 7) is 1.30. The molecular weight excluding hydrogens is 414 g/mol. The minimum atomic E-state index is -0.764. The number of fused-ring (bicyclic) bond motifs is 1. The van der Waals surface area contributed by atoms with E-state index in [4.69, 9.17) is 4.74 Å². The molecule has 0 spiro atoms. The third-order valence-corrected chi connectivity index (χ3v) is 4.35. The summed E-state index contributed by atoms with van der Waals surface area (Å²) in [4.78, 5) is 43.0. The van der Waals surface area contributed by atoms with Crippen molar-refractivity contribution in [2.45, 2.75) is 13.0 Å². The highest BCUT2D eigenvalue weighted by Crippen LogP contribution is 2.14. The SMILES string of the molecule is CC(OC(=O)CNC(=O)c1ccc(Br)cc1)c1nc2ccccc2c(=O)[nH]1. The Balaban J connectivity index is 1.61. The van der Waals surface area contributed by atoms with Crippen LogP contribution in [0.3, 0.4) is 0 Å². The Morgan fingerprint density at radius 1 is 1.19 bits per heavy atom. The summed E-state index contributed by atoms with van der Waals surface area (Å²) in [6.07, 6.45) is -0.764. The zero-order chi connectivity index (χ0) is 19.4. The van der Waals surface area contributed by atoms with Crippen molar-refractivity contribution in [1.82, 2.24) is 15.3 Å². The molecule has 1 heterocycles. The molecule has 1 aromatic heterocycles. The van der Waals surface area contributed by atoms with E-state index < -0.39 is 12.1 Å². The van der Waals surface area contributed by atoms with Gasteiger partial charge >= 0.3 is 5.97 Å². The van der Waals surface area contributed by atoms with Gasteiger partial charge in [-0.3, -0.25) is 14.4 Å². The molecule has 1 unspecified atom stereocenters. The first-order valence-corrected chi connectivity index (χ1v) is 8.95. The zero-order valence-electron chi connectivity index (χ0n) is 14.4. The number of aromatic nitrogens is 2. The second-order valence-corrected chi connectivity index (χ2v) is 6.71. The lowest BCUT2D eigenvalue weighted by Crippen LogP contribution is -2.31. The molecule has 0 saturated heterocycles. The topological polar surface area (TPSA) is 101 Å². The van der Waals surface area contributed by atoms with Gasteiger partial charge in [-0.2, -0.15) is 0 Å². The summed E-state index contributed by atoms with van der Waals surface area (Å²) in [6, 6.07) is 13.6. The van der Waals surface area contributed by atoms with Crippen molar-refractivity contribution in [3.63, 3.8) is 0 Å². The van der Waals surface area contributed by atoms with Gasteiger partial charge in [0.05, 0.1) is 10.9 Å². The molecule has 2 N–H and O–H groups in total. The monoisotopic (exact) mass is 429 g/mol. The van der Waals surface area contributed by atoms with Crippen LogP contribution in [-0.4, -0.2) is 28.4 Å². The maximum absolute atomic E-state index is 12.1. The Bertz CT molecular complexity index is 1050. The van der Waals surface area contributed by atoms with Crippen LogP contribution in [0.15, 0.2) is 57.8 Å². The quantitative estimate of drug-likeness (QED) is 0.607. The molecule has 0 aliphatic heterocycles. The third kappa shape index (κ3) is 4.59. The summed E-state index contributed by atoms with van der Waals surface area (Å²) in [5, 5.41) is 2.95. The van der Waals surface area contributed by atoms with Crippen LogP contribution in [0.5, 0.6) is 0 Å². The number of hydrogen-bond acceptors (Lipinski definition) is 5. The van der Waals surface area contributed by atoms with E-state index in [2.05, 4.69) is 31.2 Å². The largest absolute Gasteiger partial charge is 0.453 e. The van der Waals surface area contributed by atoms with E-state index in [1.165, 1.54) is 0 Å². The van der Waals surface area contributed by atoms with Gasteiger partial charge in [0.2, 0.25) is 0 Å². The Hall–Kier alpha value is -3.00. The summed E-state index contributed by atoms with van der Waals surface area (Å²) in [5.74, 6) is -0.778. The molecule has 0 aliphatic carbocycles. The highest BCUT2D eigenvalue weighted by atomic mass is 79.9. The summed E-state index contributed by atoms with van der Waals surface area (Å²) in [7, 11) is 0. The zero-order valence-corrected chi connectivity index (χ0v) is 15.9. The molecule has 7 nitrogen and oxygen atoms in total. The average Bonchev–Trinajstić information content (AvgIpc) is 2.66. The molecule has 3 aromatic rings. The van der Waals surface area contributed by atoms with Gasteiger partial charge in [0.25, 0.3) is 11.5 Å². The van der Waals surface area contributed by atoms with Crippen LogP contribution < -0.4 is 10.9 Å². The number of carbonyl (C=O) groups excluding carboxylic acids is 2. The van der Waals surface area contributed by atoms with E-state index >= 15 is 0 Å². The van der Waals surface area contributed by atoms with Crippen molar-refractivity contribution < 1.29 is 14.3 Å². The number of H-pyrrole nitrogens is 1. The van der Waals surface area contributed by atoms with Crippen molar-refractivity contribution in [3.8, 4) is 0 Å². The lowest BCUT2D eigenvalue weighted by atomic mass is 10.2. The van der Waals surface area contributed by atoms with E-state index in [1.54, 1.807) is 55.5 Å². The molecule has 3 rings (SSSR count). The Kier molecular flexibility index (Phi) is 5.66. The first-order valence-electron chi connectivity index (χ1n) is 8.16. The first-order chi connectivity index (χ1) is 12.9. The molecule has 1 amide bonds. The first kappa shape index (κ1) is 18.8. The van der Waals surface area contributed by atoms with E-state index in [1.807, 2.05) is 0 Å². The highest BCUT2D eigenvalue weighted by Gasteiger charge is 2.16. The van der Waals surface area contributed by atoms with Crippen LogP contribution >= 0.6 is 15.9 Å². The molecule has 0 radical (unpaired) electrons. The number of nitrogens with zero attached hydrogens (tertiary/aromatic N) is 1. The number of para-hydroxylation sites is 1. The van der Waals surface area contributed by atoms with Crippen LogP contribution in [0.4, 0.5) is 0 Å². The van der Waals surface area contributed by atoms with E-state index in [-0.39, 0.29) is 23.8 Å². The van der Waals surface area contributed by atoms with Crippen LogP contribution in [0, 0.1) is 0 Å². The minimum absolute atomic E-state index is 0.242. The van der Waals surface area contributed by atoms with E-state index in [0.717, 1.165) is 4.47 Å². The van der Waals surface area contributed by atoms with Crippen molar-refractivity contribution in [3.05, 3.63) is 74.7 Å². The number of amides is 1. The Morgan fingerprint density at radius 2 is 1.89 bits per heavy atom. The predicted molar refractivity (Wildman–Crippen MR) is 103 cm³/mol. The molecule has 0 saturated carbocycles. The van der Waals surface area contributed by atoms with E-state index in [0.29, 0.717) is 16.5 Å². The second kappa shape index (κ2) is 8.13. The number of halogens is 1. The number of nitrogens with one attached hydrogen (secondary N) is 2. The van der Waals surface area contributed by atoms with Crippen LogP contribution in [0.25, 0.3) is 10.9 Å². The maximum Gasteiger partial charge on any atom is 0.326 e. The van der Waals surface area contributed by atoms with Crippen LogP contribution in [0.1, 0.15) is 29.2 Å².